The lowest BCUT2D eigenvalue weighted by Gasteiger charge is -2.20. The summed E-state index contributed by atoms with van der Waals surface area (Å²) in [5, 5.41) is 12.9. The van der Waals surface area contributed by atoms with Gasteiger partial charge < -0.3 is 10.4 Å². The molecule has 0 amide bonds. The van der Waals surface area contributed by atoms with Crippen LogP contribution in [0.4, 0.5) is 0 Å². The van der Waals surface area contributed by atoms with Gasteiger partial charge in [-0.1, -0.05) is 11.6 Å². The van der Waals surface area contributed by atoms with Gasteiger partial charge in [-0.15, -0.1) is 0 Å². The Morgan fingerprint density at radius 1 is 1.33 bits per heavy atom. The number of allylic oxidation sites excluding steroid dienone is 1. The predicted octanol–water partition coefficient (Wildman–Crippen LogP) is 1.07. The molecule has 0 aromatic rings. The molecule has 2 heteroatoms. The fourth-order valence-corrected chi connectivity index (χ4v) is 2.24. The average molecular weight is 167 g/mol. The summed E-state index contributed by atoms with van der Waals surface area (Å²) in [6.07, 6.45) is 7.29. The van der Waals surface area contributed by atoms with E-state index >= 15 is 0 Å². The van der Waals surface area contributed by atoms with Crippen molar-refractivity contribution in [1.29, 1.82) is 0 Å². The summed E-state index contributed by atoms with van der Waals surface area (Å²) in [5.74, 6) is 0.422. The second-order valence-corrected chi connectivity index (χ2v) is 3.86. The van der Waals surface area contributed by atoms with Crippen molar-refractivity contribution in [3.05, 3.63) is 11.6 Å². The Balaban J connectivity index is 2.02. The van der Waals surface area contributed by atoms with E-state index in [1.54, 1.807) is 0 Å². The molecule has 12 heavy (non-hydrogen) atoms. The Morgan fingerprint density at radius 3 is 2.83 bits per heavy atom. The molecule has 0 aromatic carbocycles. The first-order chi connectivity index (χ1) is 5.88. The molecule has 0 saturated carbocycles. The summed E-state index contributed by atoms with van der Waals surface area (Å²) in [4.78, 5) is 0. The highest BCUT2D eigenvalue weighted by atomic mass is 16.3. The van der Waals surface area contributed by atoms with Crippen LogP contribution in [0.1, 0.15) is 25.7 Å². The molecule has 1 saturated heterocycles. The van der Waals surface area contributed by atoms with E-state index in [2.05, 4.69) is 11.4 Å². The van der Waals surface area contributed by atoms with Gasteiger partial charge in [-0.3, -0.25) is 0 Å². The van der Waals surface area contributed by atoms with E-state index in [4.69, 9.17) is 0 Å². The molecule has 2 aliphatic rings. The van der Waals surface area contributed by atoms with Gasteiger partial charge in [0, 0.05) is 19.0 Å². The number of aliphatic hydroxyl groups is 1. The minimum absolute atomic E-state index is 0.130. The van der Waals surface area contributed by atoms with Crippen LogP contribution in [-0.2, 0) is 0 Å². The summed E-state index contributed by atoms with van der Waals surface area (Å²) < 4.78 is 0. The van der Waals surface area contributed by atoms with Crippen LogP contribution in [0.2, 0.25) is 0 Å². The lowest BCUT2D eigenvalue weighted by Crippen LogP contribution is -2.20. The van der Waals surface area contributed by atoms with Gasteiger partial charge in [0.25, 0.3) is 0 Å². The Bertz CT molecular complexity index is 188. The molecule has 0 radical (unpaired) electrons. The van der Waals surface area contributed by atoms with Crippen LogP contribution in [0.15, 0.2) is 11.6 Å². The van der Waals surface area contributed by atoms with Gasteiger partial charge in [-0.25, -0.2) is 0 Å². The average Bonchev–Trinajstić information content (AvgIpc) is 2.53. The highest BCUT2D eigenvalue weighted by Crippen LogP contribution is 2.27. The van der Waals surface area contributed by atoms with E-state index in [-0.39, 0.29) is 6.10 Å². The zero-order chi connectivity index (χ0) is 8.39. The van der Waals surface area contributed by atoms with E-state index in [1.165, 1.54) is 31.3 Å². The number of nitrogens with one attached hydrogen (secondary N) is 1. The first-order valence-electron chi connectivity index (χ1n) is 4.95. The van der Waals surface area contributed by atoms with E-state index < -0.39 is 0 Å². The highest BCUT2D eigenvalue weighted by molar-refractivity contribution is 5.13. The van der Waals surface area contributed by atoms with Gasteiger partial charge in [0.1, 0.15) is 0 Å². The summed E-state index contributed by atoms with van der Waals surface area (Å²) in [6.45, 7) is 1.76. The van der Waals surface area contributed by atoms with Crippen LogP contribution in [0, 0.1) is 5.92 Å². The lowest BCUT2D eigenvalue weighted by molar-refractivity contribution is 0.160. The molecule has 1 fully saturated rings. The molecule has 1 heterocycles. The van der Waals surface area contributed by atoms with Crippen molar-refractivity contribution in [2.24, 2.45) is 5.92 Å². The first-order valence-corrected chi connectivity index (χ1v) is 4.95. The third kappa shape index (κ3) is 1.54. The van der Waals surface area contributed by atoms with Crippen LogP contribution in [0.25, 0.3) is 0 Å². The van der Waals surface area contributed by atoms with E-state index in [0.29, 0.717) is 5.92 Å². The molecule has 68 valence electrons. The van der Waals surface area contributed by atoms with Crippen molar-refractivity contribution in [3.63, 3.8) is 0 Å². The Hall–Kier alpha value is -0.340. The number of aliphatic hydroxyl groups excluding tert-OH is 1. The molecule has 2 rings (SSSR count). The maximum atomic E-state index is 9.64. The molecule has 2 atom stereocenters. The number of hydrogen-bond donors (Lipinski definition) is 2. The van der Waals surface area contributed by atoms with Crippen LogP contribution in [0.3, 0.4) is 0 Å². The summed E-state index contributed by atoms with van der Waals surface area (Å²) in [5.41, 5.74) is 1.50. The molecule has 1 aliphatic heterocycles. The Kier molecular flexibility index (Phi) is 2.47. The minimum atomic E-state index is -0.130. The molecule has 2 unspecified atom stereocenters. The fourth-order valence-electron chi connectivity index (χ4n) is 2.24. The highest BCUT2D eigenvalue weighted by Gasteiger charge is 2.28. The Morgan fingerprint density at radius 2 is 2.25 bits per heavy atom. The van der Waals surface area contributed by atoms with Gasteiger partial charge >= 0.3 is 0 Å². The fraction of sp³-hybridized carbons (Fsp3) is 0.800. The second kappa shape index (κ2) is 3.58. The minimum Gasteiger partial charge on any atom is -0.391 e. The van der Waals surface area contributed by atoms with Crippen molar-refractivity contribution >= 4 is 0 Å². The number of rotatable bonds is 1. The largest absolute Gasteiger partial charge is 0.391 e. The van der Waals surface area contributed by atoms with Gasteiger partial charge in [0.05, 0.1) is 6.10 Å². The maximum Gasteiger partial charge on any atom is 0.0741 e. The SMILES string of the molecule is OC1CNCC1C1=CCCCC1. The normalized spacial score (nSPS) is 36.6. The Labute approximate surface area is 73.7 Å². The molecular weight excluding hydrogens is 150 g/mol. The molecule has 0 bridgehead atoms. The summed E-state index contributed by atoms with van der Waals surface area (Å²) >= 11 is 0. The lowest BCUT2D eigenvalue weighted by atomic mass is 9.87. The van der Waals surface area contributed by atoms with E-state index in [9.17, 15) is 5.11 Å². The third-order valence-electron chi connectivity index (χ3n) is 2.98. The van der Waals surface area contributed by atoms with Crippen molar-refractivity contribution in [3.8, 4) is 0 Å². The standard InChI is InChI=1S/C10H17NO/c12-10-7-11-6-9(10)8-4-2-1-3-5-8/h4,9-12H,1-3,5-7H2. The second-order valence-electron chi connectivity index (χ2n) is 3.86. The number of β-amino-alcohol motifs (C(OH)–C–C–N with tert-alkyl or cyclic N) is 1. The van der Waals surface area contributed by atoms with Crippen molar-refractivity contribution < 1.29 is 5.11 Å². The zero-order valence-electron chi connectivity index (χ0n) is 7.42. The van der Waals surface area contributed by atoms with Crippen LogP contribution in [-0.4, -0.2) is 24.3 Å². The zero-order valence-corrected chi connectivity index (χ0v) is 7.42. The summed E-state index contributed by atoms with van der Waals surface area (Å²) in [6, 6.07) is 0. The third-order valence-corrected chi connectivity index (χ3v) is 2.98. The van der Waals surface area contributed by atoms with E-state index in [1.807, 2.05) is 0 Å². The maximum absolute atomic E-state index is 9.64. The first kappa shape index (κ1) is 8.27. The quantitative estimate of drug-likeness (QED) is 0.572. The number of hydrogen-bond acceptors (Lipinski definition) is 2. The molecule has 1 aliphatic carbocycles. The van der Waals surface area contributed by atoms with Gasteiger partial charge in [0.15, 0.2) is 0 Å². The summed E-state index contributed by atoms with van der Waals surface area (Å²) in [7, 11) is 0. The van der Waals surface area contributed by atoms with Crippen LogP contribution < -0.4 is 5.32 Å². The molecule has 2 N–H and O–H groups in total. The van der Waals surface area contributed by atoms with Crippen LogP contribution >= 0.6 is 0 Å². The van der Waals surface area contributed by atoms with Crippen molar-refractivity contribution in [1.82, 2.24) is 5.32 Å². The van der Waals surface area contributed by atoms with Gasteiger partial charge in [-0.05, 0) is 25.7 Å². The topological polar surface area (TPSA) is 32.3 Å². The van der Waals surface area contributed by atoms with Gasteiger partial charge in [-0.2, -0.15) is 0 Å². The van der Waals surface area contributed by atoms with Crippen molar-refractivity contribution in [2.45, 2.75) is 31.8 Å². The smallest absolute Gasteiger partial charge is 0.0741 e. The van der Waals surface area contributed by atoms with E-state index in [0.717, 1.165) is 13.1 Å². The predicted molar refractivity (Wildman–Crippen MR) is 48.9 cm³/mol. The molecule has 0 spiro atoms. The monoisotopic (exact) mass is 167 g/mol. The van der Waals surface area contributed by atoms with Crippen LogP contribution in [0.5, 0.6) is 0 Å². The molecule has 0 aromatic heterocycles. The molecule has 2 nitrogen and oxygen atoms in total. The van der Waals surface area contributed by atoms with Crippen molar-refractivity contribution in [2.75, 3.05) is 13.1 Å². The van der Waals surface area contributed by atoms with Gasteiger partial charge in [0.2, 0.25) is 0 Å². The molecular formula is C10H17NO.